The first kappa shape index (κ1) is 15.5. The van der Waals surface area contributed by atoms with Gasteiger partial charge in [0, 0.05) is 24.3 Å². The van der Waals surface area contributed by atoms with E-state index in [0.717, 1.165) is 5.56 Å². The number of benzene rings is 1. The van der Waals surface area contributed by atoms with E-state index in [-0.39, 0.29) is 10.9 Å². The summed E-state index contributed by atoms with van der Waals surface area (Å²) in [5.41, 5.74) is 6.10. The second-order valence-corrected chi connectivity index (χ2v) is 6.20. The van der Waals surface area contributed by atoms with Gasteiger partial charge in [0.15, 0.2) is 0 Å². The van der Waals surface area contributed by atoms with Gasteiger partial charge in [-0.2, -0.15) is 5.10 Å². The minimum atomic E-state index is -3.59. The van der Waals surface area contributed by atoms with Gasteiger partial charge in [0.1, 0.15) is 12.4 Å². The lowest BCUT2D eigenvalue weighted by Gasteiger charge is -2.13. The largest absolute Gasteiger partial charge is 0.492 e. The molecule has 0 saturated heterocycles. The van der Waals surface area contributed by atoms with Crippen molar-refractivity contribution in [3.8, 4) is 5.75 Å². The molecule has 114 valence electrons. The first-order valence-electron chi connectivity index (χ1n) is 6.47. The summed E-state index contributed by atoms with van der Waals surface area (Å²) < 4.78 is 32.4. The number of rotatable bonds is 7. The van der Waals surface area contributed by atoms with Crippen molar-refractivity contribution in [2.45, 2.75) is 17.9 Å². The number of nitrogens with zero attached hydrogens (tertiary/aromatic N) is 1. The number of nitrogens with two attached hydrogens (primary N) is 1. The van der Waals surface area contributed by atoms with E-state index < -0.39 is 10.0 Å². The highest BCUT2D eigenvalue weighted by atomic mass is 32.2. The normalized spacial score (nSPS) is 13.0. The molecule has 0 bridgehead atoms. The summed E-state index contributed by atoms with van der Waals surface area (Å²) in [6.45, 7) is 2.55. The Kier molecular flexibility index (Phi) is 4.94. The lowest BCUT2D eigenvalue weighted by Crippen LogP contribution is -2.26. The fourth-order valence-electron chi connectivity index (χ4n) is 1.76. The van der Waals surface area contributed by atoms with Crippen molar-refractivity contribution in [1.82, 2.24) is 14.9 Å². The van der Waals surface area contributed by atoms with Crippen molar-refractivity contribution >= 4 is 10.0 Å². The Labute approximate surface area is 123 Å². The SMILES string of the molecule is CC(NS(=O)(=O)c1ccc(OCCN)cc1)c1cn[nH]c1. The van der Waals surface area contributed by atoms with Crippen molar-refractivity contribution in [3.05, 3.63) is 42.2 Å². The first-order valence-corrected chi connectivity index (χ1v) is 7.95. The Balaban J connectivity index is 2.08. The Morgan fingerprint density at radius 2 is 2.10 bits per heavy atom. The molecule has 1 aromatic heterocycles. The summed E-state index contributed by atoms with van der Waals surface area (Å²) in [5.74, 6) is 0.585. The molecule has 1 aromatic carbocycles. The van der Waals surface area contributed by atoms with Crippen LogP contribution in [0.3, 0.4) is 0 Å². The number of aromatic nitrogens is 2. The van der Waals surface area contributed by atoms with Gasteiger partial charge in [0.05, 0.1) is 11.1 Å². The fraction of sp³-hybridized carbons (Fsp3) is 0.308. The van der Waals surface area contributed by atoms with Gasteiger partial charge < -0.3 is 10.5 Å². The molecule has 0 fully saturated rings. The summed E-state index contributed by atoms with van der Waals surface area (Å²) in [5, 5.41) is 6.45. The molecule has 21 heavy (non-hydrogen) atoms. The van der Waals surface area contributed by atoms with E-state index in [0.29, 0.717) is 18.9 Å². The van der Waals surface area contributed by atoms with Gasteiger partial charge in [-0.1, -0.05) is 0 Å². The maximum Gasteiger partial charge on any atom is 0.241 e. The van der Waals surface area contributed by atoms with Crippen molar-refractivity contribution < 1.29 is 13.2 Å². The highest BCUT2D eigenvalue weighted by Crippen LogP contribution is 2.18. The van der Waals surface area contributed by atoms with Crippen LogP contribution >= 0.6 is 0 Å². The quantitative estimate of drug-likeness (QED) is 0.700. The van der Waals surface area contributed by atoms with Crippen LogP contribution in [-0.4, -0.2) is 31.8 Å². The zero-order valence-corrected chi connectivity index (χ0v) is 12.4. The number of sulfonamides is 1. The molecule has 0 aliphatic carbocycles. The zero-order chi connectivity index (χ0) is 15.3. The smallest absolute Gasteiger partial charge is 0.241 e. The lowest BCUT2D eigenvalue weighted by molar-refractivity contribution is 0.328. The summed E-state index contributed by atoms with van der Waals surface area (Å²) in [6, 6.07) is 5.83. The summed E-state index contributed by atoms with van der Waals surface area (Å²) in [6.07, 6.45) is 3.23. The van der Waals surface area contributed by atoms with Gasteiger partial charge in [-0.15, -0.1) is 0 Å². The fourth-order valence-corrected chi connectivity index (χ4v) is 2.99. The predicted octanol–water partition coefficient (Wildman–Crippen LogP) is 0.787. The molecule has 1 unspecified atom stereocenters. The maximum absolute atomic E-state index is 12.3. The van der Waals surface area contributed by atoms with Gasteiger partial charge in [-0.3, -0.25) is 5.10 Å². The number of hydrogen-bond donors (Lipinski definition) is 3. The Bertz CT molecular complexity index is 653. The van der Waals surface area contributed by atoms with Gasteiger partial charge in [0.25, 0.3) is 0 Å². The van der Waals surface area contributed by atoms with Crippen LogP contribution in [-0.2, 0) is 10.0 Å². The van der Waals surface area contributed by atoms with Crippen LogP contribution in [0.15, 0.2) is 41.6 Å². The number of aromatic amines is 1. The van der Waals surface area contributed by atoms with Crippen LogP contribution in [0.2, 0.25) is 0 Å². The van der Waals surface area contributed by atoms with E-state index in [4.69, 9.17) is 10.5 Å². The van der Waals surface area contributed by atoms with E-state index in [1.54, 1.807) is 31.5 Å². The maximum atomic E-state index is 12.3. The van der Waals surface area contributed by atoms with Crippen LogP contribution in [0, 0.1) is 0 Å². The number of ether oxygens (including phenoxy) is 1. The second kappa shape index (κ2) is 6.70. The molecule has 0 aliphatic heterocycles. The Hall–Kier alpha value is -1.90. The molecule has 2 aromatic rings. The second-order valence-electron chi connectivity index (χ2n) is 4.48. The van der Waals surface area contributed by atoms with Crippen molar-refractivity contribution in [1.29, 1.82) is 0 Å². The molecule has 8 heteroatoms. The average Bonchev–Trinajstić information content (AvgIpc) is 2.99. The molecule has 0 radical (unpaired) electrons. The topological polar surface area (TPSA) is 110 Å². The minimum absolute atomic E-state index is 0.179. The summed E-state index contributed by atoms with van der Waals surface area (Å²) >= 11 is 0. The minimum Gasteiger partial charge on any atom is -0.492 e. The van der Waals surface area contributed by atoms with E-state index in [1.165, 1.54) is 12.1 Å². The van der Waals surface area contributed by atoms with Crippen molar-refractivity contribution in [2.75, 3.05) is 13.2 Å². The molecule has 0 spiro atoms. The molecule has 1 heterocycles. The third-order valence-corrected chi connectivity index (χ3v) is 4.43. The molecule has 7 nitrogen and oxygen atoms in total. The van der Waals surface area contributed by atoms with Crippen LogP contribution in [0.25, 0.3) is 0 Å². The Morgan fingerprint density at radius 3 is 2.67 bits per heavy atom. The van der Waals surface area contributed by atoms with E-state index in [9.17, 15) is 8.42 Å². The molecule has 1 atom stereocenters. The molecule has 0 saturated carbocycles. The van der Waals surface area contributed by atoms with Crippen LogP contribution < -0.4 is 15.2 Å². The highest BCUT2D eigenvalue weighted by Gasteiger charge is 2.18. The standard InChI is InChI=1S/C13H18N4O3S/c1-10(11-8-15-16-9-11)17-21(18,19)13-4-2-12(3-5-13)20-7-6-14/h2-5,8-10,17H,6-7,14H2,1H3,(H,15,16). The lowest BCUT2D eigenvalue weighted by atomic mass is 10.2. The molecule has 2 rings (SSSR count). The van der Waals surface area contributed by atoms with Gasteiger partial charge >= 0.3 is 0 Å². The molecule has 4 N–H and O–H groups in total. The van der Waals surface area contributed by atoms with E-state index in [2.05, 4.69) is 14.9 Å². The van der Waals surface area contributed by atoms with E-state index >= 15 is 0 Å². The zero-order valence-electron chi connectivity index (χ0n) is 11.6. The average molecular weight is 310 g/mol. The number of nitrogens with one attached hydrogen (secondary N) is 2. The highest BCUT2D eigenvalue weighted by molar-refractivity contribution is 7.89. The monoisotopic (exact) mass is 310 g/mol. The third kappa shape index (κ3) is 4.03. The van der Waals surface area contributed by atoms with Gasteiger partial charge in [0.2, 0.25) is 10.0 Å². The van der Waals surface area contributed by atoms with E-state index in [1.807, 2.05) is 0 Å². The van der Waals surface area contributed by atoms with Gasteiger partial charge in [-0.25, -0.2) is 13.1 Å². The predicted molar refractivity (Wildman–Crippen MR) is 78.3 cm³/mol. The first-order chi connectivity index (χ1) is 10.0. The van der Waals surface area contributed by atoms with Gasteiger partial charge in [-0.05, 0) is 31.2 Å². The van der Waals surface area contributed by atoms with Crippen LogP contribution in [0.4, 0.5) is 0 Å². The Morgan fingerprint density at radius 1 is 1.38 bits per heavy atom. The van der Waals surface area contributed by atoms with Crippen LogP contribution in [0.5, 0.6) is 5.75 Å². The summed E-state index contributed by atoms with van der Waals surface area (Å²) in [4.78, 5) is 0.179. The van der Waals surface area contributed by atoms with Crippen molar-refractivity contribution in [3.63, 3.8) is 0 Å². The van der Waals surface area contributed by atoms with Crippen molar-refractivity contribution in [2.24, 2.45) is 5.73 Å². The molecular formula is C13H18N4O3S. The third-order valence-electron chi connectivity index (χ3n) is 2.87. The molecule has 0 aliphatic rings. The number of H-pyrrole nitrogens is 1. The molecular weight excluding hydrogens is 292 g/mol. The number of hydrogen-bond acceptors (Lipinski definition) is 5. The molecule has 0 amide bonds. The summed E-state index contributed by atoms with van der Waals surface area (Å²) in [7, 11) is -3.59. The van der Waals surface area contributed by atoms with Crippen LogP contribution in [0.1, 0.15) is 18.5 Å².